The standard InChI is InChI=1S/C15H16ClN5O2/c16-14-19-12(17-8-10-2-1-6-22-10)11-13(20-14)21-15(18-11)23-7-5-9-3-4-9/h1-2,6,9H,3-5,7-8H2,(H2,17,18,19,20,21). The number of aromatic amines is 1. The number of furan rings is 1. The van der Waals surface area contributed by atoms with Gasteiger partial charge >= 0.3 is 0 Å². The molecule has 3 aromatic rings. The number of H-pyrrole nitrogens is 1. The van der Waals surface area contributed by atoms with E-state index in [0.29, 0.717) is 36.1 Å². The molecule has 1 aliphatic rings. The highest BCUT2D eigenvalue weighted by Crippen LogP contribution is 2.32. The number of nitrogens with one attached hydrogen (secondary N) is 2. The minimum atomic E-state index is 0.135. The van der Waals surface area contributed by atoms with Crippen LogP contribution in [0.5, 0.6) is 6.01 Å². The van der Waals surface area contributed by atoms with Crippen molar-refractivity contribution < 1.29 is 9.15 Å². The van der Waals surface area contributed by atoms with Crippen LogP contribution in [-0.4, -0.2) is 26.5 Å². The number of rotatable bonds is 7. The molecule has 0 radical (unpaired) electrons. The molecular formula is C15H16ClN5O2. The van der Waals surface area contributed by atoms with E-state index in [-0.39, 0.29) is 5.28 Å². The van der Waals surface area contributed by atoms with Crippen molar-refractivity contribution in [2.24, 2.45) is 5.92 Å². The Bertz CT molecular complexity index is 798. The van der Waals surface area contributed by atoms with Gasteiger partial charge in [0.05, 0.1) is 19.4 Å². The maximum atomic E-state index is 5.97. The summed E-state index contributed by atoms with van der Waals surface area (Å²) in [5, 5.41) is 3.31. The molecule has 0 saturated heterocycles. The smallest absolute Gasteiger partial charge is 0.296 e. The number of aromatic nitrogens is 4. The van der Waals surface area contributed by atoms with Crippen molar-refractivity contribution >= 4 is 28.6 Å². The Morgan fingerprint density at radius 3 is 3.04 bits per heavy atom. The van der Waals surface area contributed by atoms with Crippen LogP contribution in [0.4, 0.5) is 5.82 Å². The first-order valence-electron chi connectivity index (χ1n) is 7.60. The van der Waals surface area contributed by atoms with E-state index in [4.69, 9.17) is 20.8 Å². The molecular weight excluding hydrogens is 318 g/mol. The van der Waals surface area contributed by atoms with Crippen molar-refractivity contribution in [1.29, 1.82) is 0 Å². The van der Waals surface area contributed by atoms with Crippen molar-refractivity contribution in [2.45, 2.75) is 25.8 Å². The summed E-state index contributed by atoms with van der Waals surface area (Å²) in [6.45, 7) is 1.15. The highest BCUT2D eigenvalue weighted by Gasteiger charge is 2.21. The summed E-state index contributed by atoms with van der Waals surface area (Å²) in [5.74, 6) is 2.19. The van der Waals surface area contributed by atoms with Gasteiger partial charge in [-0.15, -0.1) is 0 Å². The summed E-state index contributed by atoms with van der Waals surface area (Å²) >= 11 is 5.97. The van der Waals surface area contributed by atoms with Gasteiger partial charge in [-0.1, -0.05) is 12.8 Å². The number of anilines is 1. The Balaban J connectivity index is 1.51. The average molecular weight is 334 g/mol. The minimum Gasteiger partial charge on any atom is -0.467 e. The number of halogens is 1. The van der Waals surface area contributed by atoms with Crippen molar-refractivity contribution in [3.63, 3.8) is 0 Å². The Kier molecular flexibility index (Phi) is 3.78. The summed E-state index contributed by atoms with van der Waals surface area (Å²) in [5.41, 5.74) is 1.15. The zero-order chi connectivity index (χ0) is 15.6. The number of ether oxygens (including phenoxy) is 1. The molecule has 0 aromatic carbocycles. The van der Waals surface area contributed by atoms with Crippen LogP contribution in [0.1, 0.15) is 25.0 Å². The molecule has 0 amide bonds. The molecule has 120 valence electrons. The maximum Gasteiger partial charge on any atom is 0.296 e. The van der Waals surface area contributed by atoms with E-state index >= 15 is 0 Å². The highest BCUT2D eigenvalue weighted by atomic mass is 35.5. The maximum absolute atomic E-state index is 5.97. The van der Waals surface area contributed by atoms with Gasteiger partial charge in [0.2, 0.25) is 5.28 Å². The van der Waals surface area contributed by atoms with Gasteiger partial charge in [-0.05, 0) is 36.1 Å². The van der Waals surface area contributed by atoms with E-state index in [1.54, 1.807) is 6.26 Å². The van der Waals surface area contributed by atoms with Crippen LogP contribution in [-0.2, 0) is 6.54 Å². The summed E-state index contributed by atoms with van der Waals surface area (Å²) in [6.07, 6.45) is 5.31. The molecule has 3 aromatic heterocycles. The van der Waals surface area contributed by atoms with Gasteiger partial charge in [0.25, 0.3) is 6.01 Å². The second kappa shape index (κ2) is 6.08. The number of hydrogen-bond acceptors (Lipinski definition) is 6. The molecule has 2 N–H and O–H groups in total. The van der Waals surface area contributed by atoms with Crippen molar-refractivity contribution in [3.8, 4) is 6.01 Å². The largest absolute Gasteiger partial charge is 0.467 e. The Morgan fingerprint density at radius 1 is 1.35 bits per heavy atom. The average Bonchev–Trinajstić information content (AvgIpc) is 3.05. The van der Waals surface area contributed by atoms with E-state index in [1.807, 2.05) is 12.1 Å². The summed E-state index contributed by atoms with van der Waals surface area (Å²) < 4.78 is 11.0. The molecule has 0 unspecified atom stereocenters. The second-order valence-corrected chi connectivity index (χ2v) is 5.93. The topological polar surface area (TPSA) is 88.9 Å². The van der Waals surface area contributed by atoms with Crippen LogP contribution in [0, 0.1) is 5.92 Å². The lowest BCUT2D eigenvalue weighted by atomic mass is 10.3. The fourth-order valence-electron chi connectivity index (χ4n) is 2.36. The third-order valence-electron chi connectivity index (χ3n) is 3.77. The third kappa shape index (κ3) is 3.39. The van der Waals surface area contributed by atoms with Crippen molar-refractivity contribution in [3.05, 3.63) is 29.4 Å². The first kappa shape index (κ1) is 14.3. The van der Waals surface area contributed by atoms with Gasteiger partial charge in [0.1, 0.15) is 11.3 Å². The van der Waals surface area contributed by atoms with Gasteiger partial charge < -0.3 is 19.5 Å². The van der Waals surface area contributed by atoms with Crippen LogP contribution in [0.2, 0.25) is 5.28 Å². The van der Waals surface area contributed by atoms with Gasteiger partial charge in [-0.2, -0.15) is 15.0 Å². The Labute approximate surface area is 137 Å². The summed E-state index contributed by atoms with van der Waals surface area (Å²) in [7, 11) is 0. The molecule has 0 spiro atoms. The van der Waals surface area contributed by atoms with Gasteiger partial charge in [-0.25, -0.2) is 0 Å². The fourth-order valence-corrected chi connectivity index (χ4v) is 2.52. The van der Waals surface area contributed by atoms with E-state index in [9.17, 15) is 0 Å². The van der Waals surface area contributed by atoms with Crippen LogP contribution in [0.3, 0.4) is 0 Å². The zero-order valence-corrected chi connectivity index (χ0v) is 13.1. The Hall–Kier alpha value is -2.28. The summed E-state index contributed by atoms with van der Waals surface area (Å²) in [4.78, 5) is 15.8. The van der Waals surface area contributed by atoms with Crippen LogP contribution in [0.25, 0.3) is 11.2 Å². The lowest BCUT2D eigenvalue weighted by Crippen LogP contribution is -2.02. The molecule has 7 nitrogen and oxygen atoms in total. The molecule has 0 aliphatic heterocycles. The van der Waals surface area contributed by atoms with E-state index in [2.05, 4.69) is 25.3 Å². The zero-order valence-electron chi connectivity index (χ0n) is 12.4. The molecule has 1 saturated carbocycles. The van der Waals surface area contributed by atoms with Crippen molar-refractivity contribution in [2.75, 3.05) is 11.9 Å². The quantitative estimate of drug-likeness (QED) is 0.644. The number of nitrogens with zero attached hydrogens (tertiary/aromatic N) is 3. The highest BCUT2D eigenvalue weighted by molar-refractivity contribution is 6.28. The predicted octanol–water partition coefficient (Wildman–Crippen LogP) is 3.39. The van der Waals surface area contributed by atoms with Crippen LogP contribution < -0.4 is 10.1 Å². The third-order valence-corrected chi connectivity index (χ3v) is 3.94. The normalized spacial score (nSPS) is 14.3. The Morgan fingerprint density at radius 2 is 2.26 bits per heavy atom. The van der Waals surface area contributed by atoms with Crippen molar-refractivity contribution in [1.82, 2.24) is 19.9 Å². The molecule has 23 heavy (non-hydrogen) atoms. The number of hydrogen-bond donors (Lipinski definition) is 2. The predicted molar refractivity (Wildman–Crippen MR) is 85.6 cm³/mol. The molecule has 3 heterocycles. The van der Waals surface area contributed by atoms with Gasteiger partial charge in [-0.3, -0.25) is 0 Å². The fraction of sp³-hybridized carbons (Fsp3) is 0.400. The number of imidazole rings is 1. The lowest BCUT2D eigenvalue weighted by molar-refractivity contribution is 0.283. The van der Waals surface area contributed by atoms with E-state index < -0.39 is 0 Å². The molecule has 4 rings (SSSR count). The molecule has 1 fully saturated rings. The van der Waals surface area contributed by atoms with Gasteiger partial charge in [0, 0.05) is 0 Å². The van der Waals surface area contributed by atoms with E-state index in [1.165, 1.54) is 12.8 Å². The van der Waals surface area contributed by atoms with Gasteiger partial charge in [0.15, 0.2) is 11.5 Å². The monoisotopic (exact) mass is 333 g/mol. The second-order valence-electron chi connectivity index (χ2n) is 5.60. The first-order valence-corrected chi connectivity index (χ1v) is 7.98. The number of fused-ring (bicyclic) bond motifs is 1. The van der Waals surface area contributed by atoms with E-state index in [0.717, 1.165) is 18.1 Å². The molecule has 0 atom stereocenters. The molecule has 0 bridgehead atoms. The summed E-state index contributed by atoms with van der Waals surface area (Å²) in [6, 6.07) is 4.16. The molecule has 1 aliphatic carbocycles. The lowest BCUT2D eigenvalue weighted by Gasteiger charge is -2.04. The minimum absolute atomic E-state index is 0.135. The van der Waals surface area contributed by atoms with Crippen LogP contribution >= 0.6 is 11.6 Å². The first-order chi connectivity index (χ1) is 11.3. The molecule has 8 heteroatoms. The van der Waals surface area contributed by atoms with Crippen LogP contribution in [0.15, 0.2) is 22.8 Å². The SMILES string of the molecule is Clc1nc(NCc2ccco2)c2[nH]c(OCCC3CC3)nc2n1.